The highest BCUT2D eigenvalue weighted by atomic mass is 14.5. The van der Waals surface area contributed by atoms with Gasteiger partial charge in [0.15, 0.2) is 0 Å². The van der Waals surface area contributed by atoms with Crippen molar-refractivity contribution in [2.75, 3.05) is 0 Å². The molecule has 0 nitrogen and oxygen atoms in total. The van der Waals surface area contributed by atoms with E-state index >= 15 is 0 Å². The van der Waals surface area contributed by atoms with Gasteiger partial charge in [0.25, 0.3) is 0 Å². The molecular weight excluding hydrogens is 204 g/mol. The van der Waals surface area contributed by atoms with Crippen molar-refractivity contribution in [3.8, 4) is 0 Å². The van der Waals surface area contributed by atoms with Crippen LogP contribution < -0.4 is 0 Å². The van der Waals surface area contributed by atoms with Gasteiger partial charge in [-0.1, -0.05) is 59.3 Å². The third-order valence-corrected chi connectivity index (χ3v) is 6.21. The average Bonchev–Trinajstić information content (AvgIpc) is 2.39. The van der Waals surface area contributed by atoms with Gasteiger partial charge in [0.05, 0.1) is 0 Å². The lowest BCUT2D eigenvalue weighted by molar-refractivity contribution is -0.00375. The molecule has 0 radical (unpaired) electrons. The van der Waals surface area contributed by atoms with Gasteiger partial charge in [0.1, 0.15) is 0 Å². The molecule has 2 saturated carbocycles. The molecule has 0 aromatic heterocycles. The minimum atomic E-state index is 0.640. The van der Waals surface area contributed by atoms with Crippen LogP contribution in [0.25, 0.3) is 0 Å². The van der Waals surface area contributed by atoms with Gasteiger partial charge in [0.2, 0.25) is 0 Å². The fourth-order valence-corrected chi connectivity index (χ4v) is 4.73. The summed E-state index contributed by atoms with van der Waals surface area (Å²) < 4.78 is 0. The van der Waals surface area contributed by atoms with E-state index in [0.717, 1.165) is 17.8 Å². The molecule has 0 N–H and O–H groups in total. The Hall–Kier alpha value is 0. The van der Waals surface area contributed by atoms with Gasteiger partial charge < -0.3 is 0 Å². The Morgan fingerprint density at radius 3 is 1.35 bits per heavy atom. The topological polar surface area (TPSA) is 0 Å². The summed E-state index contributed by atoms with van der Waals surface area (Å²) in [5, 5.41) is 0. The Bertz CT molecular complexity index is 198. The summed E-state index contributed by atoms with van der Waals surface area (Å²) >= 11 is 0. The molecule has 2 rings (SSSR count). The molecule has 0 spiro atoms. The van der Waals surface area contributed by atoms with Gasteiger partial charge >= 0.3 is 0 Å². The van der Waals surface area contributed by atoms with Crippen LogP contribution in [0.3, 0.4) is 0 Å². The molecule has 0 aromatic rings. The van der Waals surface area contributed by atoms with Crippen LogP contribution >= 0.6 is 0 Å². The highest BCUT2D eigenvalue weighted by Crippen LogP contribution is 2.52. The highest BCUT2D eigenvalue weighted by Gasteiger charge is 2.43. The van der Waals surface area contributed by atoms with Crippen molar-refractivity contribution >= 4 is 0 Å². The molecule has 0 heterocycles. The van der Waals surface area contributed by atoms with Crippen molar-refractivity contribution in [1.29, 1.82) is 0 Å². The van der Waals surface area contributed by atoms with Crippen LogP contribution in [0, 0.1) is 23.2 Å². The molecule has 17 heavy (non-hydrogen) atoms. The molecular formula is C17H32. The van der Waals surface area contributed by atoms with Crippen molar-refractivity contribution in [2.24, 2.45) is 23.2 Å². The Morgan fingerprint density at radius 2 is 1.06 bits per heavy atom. The lowest BCUT2D eigenvalue weighted by Gasteiger charge is -2.50. The van der Waals surface area contributed by atoms with Crippen LogP contribution in [0.15, 0.2) is 0 Å². The summed E-state index contributed by atoms with van der Waals surface area (Å²) in [5.74, 6) is 2.92. The summed E-state index contributed by atoms with van der Waals surface area (Å²) in [6, 6.07) is 0. The number of hydrogen-bond donors (Lipinski definition) is 0. The van der Waals surface area contributed by atoms with Crippen molar-refractivity contribution in [3.05, 3.63) is 0 Å². The molecule has 0 saturated heterocycles. The summed E-state index contributed by atoms with van der Waals surface area (Å²) in [4.78, 5) is 0. The molecule has 0 aliphatic heterocycles. The number of hydrogen-bond acceptors (Lipinski definition) is 0. The van der Waals surface area contributed by atoms with E-state index in [1.54, 1.807) is 0 Å². The maximum atomic E-state index is 2.64. The minimum Gasteiger partial charge on any atom is -0.0622 e. The van der Waals surface area contributed by atoms with Crippen LogP contribution in [0.5, 0.6) is 0 Å². The first-order valence-corrected chi connectivity index (χ1v) is 8.15. The second-order valence-corrected chi connectivity index (χ2v) is 7.19. The predicted octanol–water partition coefficient (Wildman–Crippen LogP) is 5.81. The Kier molecular flexibility index (Phi) is 4.55. The van der Waals surface area contributed by atoms with Gasteiger partial charge in [-0.15, -0.1) is 0 Å². The standard InChI is InChI=1S/C17H32/c1-14(2)17(3,15-10-6-4-7-11-15)16-12-8-5-9-13-16/h14-16H,4-13H2,1-3H3. The third-order valence-electron chi connectivity index (χ3n) is 6.21. The van der Waals surface area contributed by atoms with Crippen LogP contribution in [-0.4, -0.2) is 0 Å². The molecule has 0 atom stereocenters. The smallest absolute Gasteiger partial charge is 0.0246 e. The van der Waals surface area contributed by atoms with Crippen LogP contribution in [0.4, 0.5) is 0 Å². The van der Waals surface area contributed by atoms with Gasteiger partial charge in [0, 0.05) is 0 Å². The van der Waals surface area contributed by atoms with Gasteiger partial charge in [-0.25, -0.2) is 0 Å². The molecule has 0 bridgehead atoms. The minimum absolute atomic E-state index is 0.640. The van der Waals surface area contributed by atoms with Crippen LogP contribution in [0.1, 0.15) is 85.0 Å². The van der Waals surface area contributed by atoms with Crippen molar-refractivity contribution in [2.45, 2.75) is 85.0 Å². The van der Waals surface area contributed by atoms with Crippen molar-refractivity contribution < 1.29 is 0 Å². The van der Waals surface area contributed by atoms with E-state index in [9.17, 15) is 0 Å². The summed E-state index contributed by atoms with van der Waals surface area (Å²) in [7, 11) is 0. The first-order valence-electron chi connectivity index (χ1n) is 8.15. The zero-order valence-corrected chi connectivity index (χ0v) is 12.3. The molecule has 2 aliphatic carbocycles. The maximum absolute atomic E-state index is 2.64. The molecule has 0 unspecified atom stereocenters. The lowest BCUT2D eigenvalue weighted by Crippen LogP contribution is -2.41. The fourth-order valence-electron chi connectivity index (χ4n) is 4.73. The Labute approximate surface area is 109 Å². The Morgan fingerprint density at radius 1 is 0.706 bits per heavy atom. The van der Waals surface area contributed by atoms with E-state index in [0.29, 0.717) is 5.41 Å². The van der Waals surface area contributed by atoms with Crippen molar-refractivity contribution in [1.82, 2.24) is 0 Å². The number of rotatable bonds is 3. The first kappa shape index (κ1) is 13.4. The van der Waals surface area contributed by atoms with E-state index in [4.69, 9.17) is 0 Å². The third kappa shape index (κ3) is 2.71. The second kappa shape index (κ2) is 5.76. The van der Waals surface area contributed by atoms with E-state index in [1.807, 2.05) is 0 Å². The predicted molar refractivity (Wildman–Crippen MR) is 76.1 cm³/mol. The summed E-state index contributed by atoms with van der Waals surface area (Å²) in [6.07, 6.45) is 15.1. The van der Waals surface area contributed by atoms with E-state index in [1.165, 1.54) is 64.2 Å². The normalized spacial score (nSPS) is 25.4. The highest BCUT2D eigenvalue weighted by molar-refractivity contribution is 4.93. The molecule has 0 heteroatoms. The van der Waals surface area contributed by atoms with Gasteiger partial charge in [-0.3, -0.25) is 0 Å². The molecule has 0 aromatic carbocycles. The van der Waals surface area contributed by atoms with Crippen molar-refractivity contribution in [3.63, 3.8) is 0 Å². The summed E-state index contributed by atoms with van der Waals surface area (Å²) in [6.45, 7) is 7.62. The van der Waals surface area contributed by atoms with E-state index < -0.39 is 0 Å². The summed E-state index contributed by atoms with van der Waals surface area (Å²) in [5.41, 5.74) is 0.640. The van der Waals surface area contributed by atoms with Gasteiger partial charge in [-0.05, 0) is 48.9 Å². The van der Waals surface area contributed by atoms with E-state index in [-0.39, 0.29) is 0 Å². The van der Waals surface area contributed by atoms with E-state index in [2.05, 4.69) is 20.8 Å². The SMILES string of the molecule is CC(C)C(C)(C1CCCCC1)C1CCCCC1. The quantitative estimate of drug-likeness (QED) is 0.580. The Balaban J connectivity index is 2.11. The zero-order valence-electron chi connectivity index (χ0n) is 12.3. The van der Waals surface area contributed by atoms with Gasteiger partial charge in [-0.2, -0.15) is 0 Å². The fraction of sp³-hybridized carbons (Fsp3) is 1.00. The van der Waals surface area contributed by atoms with Crippen LogP contribution in [-0.2, 0) is 0 Å². The lowest BCUT2D eigenvalue weighted by atomic mass is 9.55. The monoisotopic (exact) mass is 236 g/mol. The molecule has 0 amide bonds. The zero-order chi connectivity index (χ0) is 12.3. The molecule has 2 fully saturated rings. The molecule has 2 aliphatic rings. The maximum Gasteiger partial charge on any atom is -0.0246 e. The second-order valence-electron chi connectivity index (χ2n) is 7.19. The van der Waals surface area contributed by atoms with Crippen LogP contribution in [0.2, 0.25) is 0 Å². The molecule has 100 valence electrons. The average molecular weight is 236 g/mol. The first-order chi connectivity index (χ1) is 8.15. The largest absolute Gasteiger partial charge is 0.0622 e.